The van der Waals surface area contributed by atoms with E-state index in [0.717, 1.165) is 39.3 Å². The number of thioether (sulfide) groups is 1. The van der Waals surface area contributed by atoms with Gasteiger partial charge in [-0.1, -0.05) is 12.1 Å². The van der Waals surface area contributed by atoms with Gasteiger partial charge in [-0.3, -0.25) is 24.6 Å². The normalized spacial score (nSPS) is 15.1. The van der Waals surface area contributed by atoms with Crippen molar-refractivity contribution in [3.05, 3.63) is 92.1 Å². The number of phenolic OH excluding ortho intramolecular Hbond substituents is 1. The van der Waals surface area contributed by atoms with Crippen LogP contribution in [0.15, 0.2) is 59.5 Å². The molecule has 2 aromatic carbocycles. The zero-order valence-corrected chi connectivity index (χ0v) is 18.1. The summed E-state index contributed by atoms with van der Waals surface area (Å²) >= 11 is 0.850. The minimum Gasteiger partial charge on any atom is -0.508 e. The van der Waals surface area contributed by atoms with Gasteiger partial charge in [-0.25, -0.2) is 0 Å². The van der Waals surface area contributed by atoms with Crippen LogP contribution in [0.4, 0.5) is 10.5 Å². The Labute approximate surface area is 187 Å². The molecule has 1 N–H and O–H groups in total. The van der Waals surface area contributed by atoms with Crippen LogP contribution in [-0.4, -0.2) is 30.6 Å². The Hall–Kier alpha value is -3.85. The number of nitrogens with zero attached hydrogens (tertiary/aromatic N) is 3. The summed E-state index contributed by atoms with van der Waals surface area (Å²) in [5.74, 6) is -0.255. The van der Waals surface area contributed by atoms with Crippen molar-refractivity contribution in [1.82, 2.24) is 9.47 Å². The monoisotopic (exact) mass is 449 g/mol. The highest BCUT2D eigenvalue weighted by atomic mass is 32.2. The molecule has 1 aromatic heterocycles. The van der Waals surface area contributed by atoms with Gasteiger partial charge in [0, 0.05) is 29.2 Å². The lowest BCUT2D eigenvalue weighted by atomic mass is 10.2. The molecule has 0 aliphatic carbocycles. The maximum Gasteiger partial charge on any atom is 0.293 e. The lowest BCUT2D eigenvalue weighted by Crippen LogP contribution is -2.27. The van der Waals surface area contributed by atoms with Gasteiger partial charge in [0.15, 0.2) is 0 Å². The number of hydrogen-bond donors (Lipinski definition) is 1. The van der Waals surface area contributed by atoms with Gasteiger partial charge in [-0.15, -0.1) is 0 Å². The smallest absolute Gasteiger partial charge is 0.293 e. The number of nitro groups is 1. The fraction of sp³-hybridized carbons (Fsp3) is 0.130. The van der Waals surface area contributed by atoms with E-state index in [9.17, 15) is 24.8 Å². The van der Waals surface area contributed by atoms with Crippen molar-refractivity contribution in [1.29, 1.82) is 0 Å². The highest BCUT2D eigenvalue weighted by molar-refractivity contribution is 8.18. The van der Waals surface area contributed by atoms with Crippen molar-refractivity contribution in [2.75, 3.05) is 0 Å². The molecule has 9 heteroatoms. The first kappa shape index (κ1) is 21.4. The maximum absolute atomic E-state index is 12.9. The van der Waals surface area contributed by atoms with Gasteiger partial charge in [0.1, 0.15) is 5.75 Å². The summed E-state index contributed by atoms with van der Waals surface area (Å²) in [5, 5.41) is 20.1. The number of non-ortho nitro benzene ring substituents is 1. The van der Waals surface area contributed by atoms with E-state index >= 15 is 0 Å². The standard InChI is InChI=1S/C23H19N3O5S/c1-14-10-17(15(2)25(14)18-6-8-20(27)9-7-18)12-21-22(28)24(23(29)32-21)13-16-4-3-5-19(11-16)26(30)31/h3-12,27H,13H2,1-2H3/b21-12-. The average molecular weight is 449 g/mol. The Balaban J connectivity index is 1.61. The van der Waals surface area contributed by atoms with Crippen LogP contribution in [0.5, 0.6) is 5.75 Å². The van der Waals surface area contributed by atoms with Crippen molar-refractivity contribution in [3.8, 4) is 11.4 Å². The van der Waals surface area contributed by atoms with E-state index in [1.54, 1.807) is 36.4 Å². The summed E-state index contributed by atoms with van der Waals surface area (Å²) in [4.78, 5) is 37.2. The number of aryl methyl sites for hydroxylation is 1. The number of carbonyl (C=O) groups is 2. The molecule has 0 atom stereocenters. The second kappa shape index (κ2) is 8.35. The van der Waals surface area contributed by atoms with Crippen molar-refractivity contribution in [3.63, 3.8) is 0 Å². The third-order valence-electron chi connectivity index (χ3n) is 5.20. The van der Waals surface area contributed by atoms with Crippen LogP contribution in [0.3, 0.4) is 0 Å². The number of benzene rings is 2. The number of amides is 2. The summed E-state index contributed by atoms with van der Waals surface area (Å²) in [5.41, 5.74) is 3.92. The molecule has 2 amide bonds. The van der Waals surface area contributed by atoms with Crippen LogP contribution in [0, 0.1) is 24.0 Å². The topological polar surface area (TPSA) is 106 Å². The third-order valence-corrected chi connectivity index (χ3v) is 6.11. The molecular weight excluding hydrogens is 430 g/mol. The number of aromatic nitrogens is 1. The maximum atomic E-state index is 12.9. The van der Waals surface area contributed by atoms with Crippen molar-refractivity contribution >= 4 is 34.7 Å². The summed E-state index contributed by atoms with van der Waals surface area (Å²) in [6.45, 7) is 3.82. The van der Waals surface area contributed by atoms with Crippen molar-refractivity contribution in [2.45, 2.75) is 20.4 Å². The zero-order valence-electron chi connectivity index (χ0n) is 17.3. The number of carbonyl (C=O) groups excluding carboxylic acids is 2. The van der Waals surface area contributed by atoms with Gasteiger partial charge >= 0.3 is 0 Å². The molecule has 2 heterocycles. The third kappa shape index (κ3) is 4.02. The first-order chi connectivity index (χ1) is 15.2. The highest BCUT2D eigenvalue weighted by Gasteiger charge is 2.35. The summed E-state index contributed by atoms with van der Waals surface area (Å²) in [6.07, 6.45) is 1.69. The van der Waals surface area contributed by atoms with Gasteiger partial charge in [-0.2, -0.15) is 0 Å². The molecule has 3 aromatic rings. The summed E-state index contributed by atoms with van der Waals surface area (Å²) in [6, 6.07) is 14.6. The van der Waals surface area contributed by atoms with E-state index in [1.165, 1.54) is 18.2 Å². The fourth-order valence-corrected chi connectivity index (χ4v) is 4.49. The molecular formula is C23H19N3O5S. The van der Waals surface area contributed by atoms with Gasteiger partial charge in [0.25, 0.3) is 16.8 Å². The van der Waals surface area contributed by atoms with Crippen molar-refractivity contribution in [2.24, 2.45) is 0 Å². The van der Waals surface area contributed by atoms with Gasteiger partial charge in [0.05, 0.1) is 16.4 Å². The predicted molar refractivity (Wildman–Crippen MR) is 122 cm³/mol. The molecule has 32 heavy (non-hydrogen) atoms. The molecule has 8 nitrogen and oxygen atoms in total. The van der Waals surface area contributed by atoms with E-state index in [2.05, 4.69) is 0 Å². The van der Waals surface area contributed by atoms with Crippen molar-refractivity contribution < 1.29 is 19.6 Å². The predicted octanol–water partition coefficient (Wildman–Crippen LogP) is 4.94. The minimum atomic E-state index is -0.513. The highest BCUT2D eigenvalue weighted by Crippen LogP contribution is 2.35. The average Bonchev–Trinajstić information content (AvgIpc) is 3.18. The van der Waals surface area contributed by atoms with E-state index in [1.807, 2.05) is 24.5 Å². The number of phenols is 1. The molecule has 1 aliphatic heterocycles. The summed E-state index contributed by atoms with van der Waals surface area (Å²) < 4.78 is 2.00. The number of rotatable bonds is 5. The number of imide groups is 1. The number of aromatic hydroxyl groups is 1. The first-order valence-corrected chi connectivity index (χ1v) is 10.5. The molecule has 1 saturated heterocycles. The lowest BCUT2D eigenvalue weighted by molar-refractivity contribution is -0.384. The lowest BCUT2D eigenvalue weighted by Gasteiger charge is -2.12. The molecule has 0 unspecified atom stereocenters. The zero-order chi connectivity index (χ0) is 23.0. The van der Waals surface area contributed by atoms with Crippen LogP contribution >= 0.6 is 11.8 Å². The second-order valence-electron chi connectivity index (χ2n) is 7.37. The molecule has 1 fully saturated rings. The summed E-state index contributed by atoms with van der Waals surface area (Å²) in [7, 11) is 0. The molecule has 4 rings (SSSR count). The van der Waals surface area contributed by atoms with Crippen LogP contribution in [0.25, 0.3) is 11.8 Å². The molecule has 162 valence electrons. The van der Waals surface area contributed by atoms with Gasteiger partial charge in [-0.05, 0) is 73.1 Å². The molecule has 1 aliphatic rings. The molecule has 0 bridgehead atoms. The van der Waals surface area contributed by atoms with Crippen LogP contribution in [0.1, 0.15) is 22.5 Å². The van der Waals surface area contributed by atoms with E-state index in [0.29, 0.717) is 10.5 Å². The quantitative estimate of drug-likeness (QED) is 0.336. The van der Waals surface area contributed by atoms with Gasteiger partial charge < -0.3 is 9.67 Å². The fourth-order valence-electron chi connectivity index (χ4n) is 3.66. The Kier molecular flexibility index (Phi) is 5.58. The van der Waals surface area contributed by atoms with E-state index < -0.39 is 16.1 Å². The van der Waals surface area contributed by atoms with Crippen LogP contribution in [-0.2, 0) is 11.3 Å². The minimum absolute atomic E-state index is 0.0315. The molecule has 0 spiro atoms. The molecule has 0 radical (unpaired) electrons. The second-order valence-corrected chi connectivity index (χ2v) is 8.37. The van der Waals surface area contributed by atoms with E-state index in [-0.39, 0.29) is 18.0 Å². The number of nitro benzene ring substituents is 1. The Bertz CT molecular complexity index is 1280. The van der Waals surface area contributed by atoms with Gasteiger partial charge in [0.2, 0.25) is 0 Å². The SMILES string of the molecule is Cc1cc(/C=C2\SC(=O)N(Cc3cccc([N+](=O)[O-])c3)C2=O)c(C)n1-c1ccc(O)cc1. The largest absolute Gasteiger partial charge is 0.508 e. The first-order valence-electron chi connectivity index (χ1n) is 9.71. The Morgan fingerprint density at radius 3 is 2.50 bits per heavy atom. The Morgan fingerprint density at radius 2 is 1.81 bits per heavy atom. The Morgan fingerprint density at radius 1 is 1.09 bits per heavy atom. The molecule has 0 saturated carbocycles. The van der Waals surface area contributed by atoms with Crippen LogP contribution in [0.2, 0.25) is 0 Å². The number of hydrogen-bond acceptors (Lipinski definition) is 6. The van der Waals surface area contributed by atoms with E-state index in [4.69, 9.17) is 0 Å². The van der Waals surface area contributed by atoms with Crippen LogP contribution < -0.4 is 0 Å².